The molecule has 16 heteroatoms. The molecule has 1 aliphatic rings. The van der Waals surface area contributed by atoms with Gasteiger partial charge in [0.15, 0.2) is 12.0 Å². The Balaban J connectivity index is 1.98. The molecule has 1 aromatic heterocycles. The van der Waals surface area contributed by atoms with E-state index in [2.05, 4.69) is 29.5 Å². The Labute approximate surface area is 350 Å². The van der Waals surface area contributed by atoms with E-state index in [-0.39, 0.29) is 18.0 Å². The number of anilines is 1. The Kier molecular flexibility index (Phi) is 27.4. The topological polar surface area (TPSA) is 251 Å². The summed E-state index contributed by atoms with van der Waals surface area (Å²) in [5.74, 6) is -3.73. The van der Waals surface area contributed by atoms with E-state index in [0.29, 0.717) is 18.6 Å². The molecule has 0 aromatic carbocycles. The van der Waals surface area contributed by atoms with Crippen LogP contribution in [-0.2, 0) is 19.1 Å². The van der Waals surface area contributed by atoms with Gasteiger partial charge in [0, 0.05) is 5.75 Å². The fourth-order valence-electron chi connectivity index (χ4n) is 7.75. The molecule has 336 valence electrons. The molecule has 2 rings (SSSR count). The number of aliphatic carboxylic acids is 2. The quantitative estimate of drug-likeness (QED) is 0.0351. The molecule has 9 N–H and O–H groups in total. The van der Waals surface area contributed by atoms with Gasteiger partial charge in [0.1, 0.15) is 24.4 Å². The van der Waals surface area contributed by atoms with E-state index in [1.807, 2.05) is 0 Å². The minimum atomic E-state index is -1.62. The fraction of sp³-hybridized carbons (Fsp3) is 0.881. The van der Waals surface area contributed by atoms with Gasteiger partial charge in [0.2, 0.25) is 5.91 Å². The first kappa shape index (κ1) is 51.8. The number of unbranched alkanes of at least 4 members (excludes halogenated alkanes) is 18. The van der Waals surface area contributed by atoms with Crippen molar-refractivity contribution in [2.45, 2.75) is 198 Å². The molecule has 1 aromatic rings. The maximum absolute atomic E-state index is 13.0. The maximum Gasteiger partial charge on any atom is 0.306 e. The summed E-state index contributed by atoms with van der Waals surface area (Å²) < 4.78 is 6.54. The third-order valence-corrected chi connectivity index (χ3v) is 12.7. The third-order valence-electron chi connectivity index (χ3n) is 11.5. The minimum Gasteiger partial charge on any atom is -0.481 e. The lowest BCUT2D eigenvalue weighted by atomic mass is 9.81. The Bertz CT molecular complexity index is 1260. The average molecular weight is 844 g/mol. The number of nitrogens with zero attached hydrogens (tertiary/aromatic N) is 3. The molecular formula is C42H77N5O10S. The highest BCUT2D eigenvalue weighted by Crippen LogP contribution is 2.32. The second kappa shape index (κ2) is 30.6. The summed E-state index contributed by atoms with van der Waals surface area (Å²) in [5, 5.41) is 71.0. The lowest BCUT2D eigenvalue weighted by Crippen LogP contribution is -2.56. The maximum atomic E-state index is 13.0. The molecule has 0 bridgehead atoms. The van der Waals surface area contributed by atoms with Crippen molar-refractivity contribution in [2.75, 3.05) is 23.4 Å². The molecule has 1 saturated heterocycles. The van der Waals surface area contributed by atoms with Gasteiger partial charge in [-0.25, -0.2) is 4.68 Å². The van der Waals surface area contributed by atoms with Crippen LogP contribution in [0.4, 0.5) is 5.82 Å². The van der Waals surface area contributed by atoms with Crippen molar-refractivity contribution < 1.29 is 49.8 Å². The van der Waals surface area contributed by atoms with E-state index in [0.717, 1.165) is 56.0 Å². The largest absolute Gasteiger partial charge is 0.481 e. The van der Waals surface area contributed by atoms with Gasteiger partial charge in [0.05, 0.1) is 30.7 Å². The van der Waals surface area contributed by atoms with E-state index < -0.39 is 78.9 Å². The van der Waals surface area contributed by atoms with Gasteiger partial charge in [-0.2, -0.15) is 11.8 Å². The van der Waals surface area contributed by atoms with Crippen molar-refractivity contribution in [1.29, 1.82) is 0 Å². The van der Waals surface area contributed by atoms with Crippen LogP contribution in [0.1, 0.15) is 168 Å². The second-order valence-corrected chi connectivity index (χ2v) is 17.4. The number of aliphatic hydroxyl groups excluding tert-OH is 4. The number of amides is 1. The SMILES string of the molecule is CCCCCCCCCCCCC(C(=O)O)C(CSC[C@@H](N)C(=O)Nc1cn([C@H]2OC(CO)C(O)C(O)C2O)nn1)C[C@@H](CCCCCCCCCCCC)C(=O)O. The molecule has 9 atom stereocenters. The minimum absolute atomic E-state index is 0.0148. The first-order chi connectivity index (χ1) is 27.9. The summed E-state index contributed by atoms with van der Waals surface area (Å²) in [6.45, 7) is 3.80. The number of hydrogen-bond acceptors (Lipinski definition) is 12. The summed E-state index contributed by atoms with van der Waals surface area (Å²) in [6.07, 6.45) is 18.1. The zero-order valence-electron chi connectivity index (χ0n) is 35.3. The van der Waals surface area contributed by atoms with Crippen LogP contribution in [-0.4, -0.2) is 112 Å². The number of aromatic nitrogens is 3. The standard InChI is InChI=1S/C42H77N5O10S/c1-3-5-7-9-11-13-15-17-19-21-23-30(41(53)54)25-31(32(42(55)56)24-22-20-18-16-14-12-10-8-6-4-2)28-58-29-33(43)39(52)44-35-26-47(46-45-35)40-38(51)37(50)36(49)34(27-48)57-40/h26,30-34,36-38,40,48-51H,3-25,27-29,43H2,1-2H3,(H,44,52)(H,53,54)(H,55,56)/t30-,31?,32?,33-,34?,36?,37?,38?,40+/m1/s1. The molecule has 15 nitrogen and oxygen atoms in total. The highest BCUT2D eigenvalue weighted by molar-refractivity contribution is 7.99. The summed E-state index contributed by atoms with van der Waals surface area (Å²) in [7, 11) is 0. The molecule has 0 aliphatic carbocycles. The van der Waals surface area contributed by atoms with Crippen LogP contribution in [0, 0.1) is 17.8 Å². The third kappa shape index (κ3) is 19.8. The number of thioether (sulfide) groups is 1. The number of carbonyl (C=O) groups is 3. The number of ether oxygens (including phenoxy) is 1. The Morgan fingerprint density at radius 3 is 1.78 bits per heavy atom. The van der Waals surface area contributed by atoms with Gasteiger partial charge in [-0.1, -0.05) is 147 Å². The predicted octanol–water partition coefficient (Wildman–Crippen LogP) is 6.28. The summed E-state index contributed by atoms with van der Waals surface area (Å²) in [5.41, 5.74) is 6.24. The lowest BCUT2D eigenvalue weighted by Gasteiger charge is -2.39. The number of hydrogen-bond donors (Lipinski definition) is 8. The predicted molar refractivity (Wildman–Crippen MR) is 226 cm³/mol. The second-order valence-electron chi connectivity index (χ2n) is 16.4. The molecule has 0 spiro atoms. The van der Waals surface area contributed by atoms with E-state index in [1.165, 1.54) is 95.0 Å². The van der Waals surface area contributed by atoms with Crippen LogP contribution in [0.25, 0.3) is 0 Å². The zero-order chi connectivity index (χ0) is 42.7. The molecule has 1 amide bonds. The molecule has 0 saturated carbocycles. The Morgan fingerprint density at radius 2 is 1.28 bits per heavy atom. The smallest absolute Gasteiger partial charge is 0.306 e. The summed E-state index contributed by atoms with van der Waals surface area (Å²) in [6, 6.07) is -1.02. The van der Waals surface area contributed by atoms with Crippen molar-refractivity contribution in [1.82, 2.24) is 15.0 Å². The van der Waals surface area contributed by atoms with E-state index >= 15 is 0 Å². The number of aliphatic hydroxyl groups is 4. The highest BCUT2D eigenvalue weighted by Gasteiger charge is 2.45. The van der Waals surface area contributed by atoms with Gasteiger partial charge in [-0.05, 0) is 30.9 Å². The van der Waals surface area contributed by atoms with Gasteiger partial charge in [-0.3, -0.25) is 14.4 Å². The molecule has 1 fully saturated rings. The van der Waals surface area contributed by atoms with Gasteiger partial charge < -0.3 is 46.4 Å². The number of carbonyl (C=O) groups excluding carboxylic acids is 1. The first-order valence-electron chi connectivity index (χ1n) is 22.3. The van der Waals surface area contributed by atoms with E-state index in [1.54, 1.807) is 0 Å². The zero-order valence-corrected chi connectivity index (χ0v) is 36.1. The molecule has 0 radical (unpaired) electrons. The van der Waals surface area contributed by atoms with Crippen molar-refractivity contribution in [3.63, 3.8) is 0 Å². The van der Waals surface area contributed by atoms with Crippen molar-refractivity contribution in [3.05, 3.63) is 6.20 Å². The van der Waals surface area contributed by atoms with Crippen LogP contribution in [0.2, 0.25) is 0 Å². The van der Waals surface area contributed by atoms with E-state index in [9.17, 15) is 45.0 Å². The van der Waals surface area contributed by atoms with Crippen LogP contribution in [0.15, 0.2) is 6.20 Å². The van der Waals surface area contributed by atoms with Gasteiger partial charge >= 0.3 is 11.9 Å². The summed E-state index contributed by atoms with van der Waals surface area (Å²) in [4.78, 5) is 38.3. The van der Waals surface area contributed by atoms with Crippen LogP contribution < -0.4 is 11.1 Å². The number of rotatable bonds is 35. The average Bonchev–Trinajstić information content (AvgIpc) is 3.66. The van der Waals surface area contributed by atoms with Crippen molar-refractivity contribution in [2.24, 2.45) is 23.5 Å². The molecular weight excluding hydrogens is 767 g/mol. The van der Waals surface area contributed by atoms with Crippen molar-refractivity contribution in [3.8, 4) is 0 Å². The number of carboxylic acid groups (broad SMARTS) is 2. The van der Waals surface area contributed by atoms with E-state index in [4.69, 9.17) is 10.5 Å². The van der Waals surface area contributed by atoms with Gasteiger partial charge in [0.25, 0.3) is 0 Å². The number of nitrogens with two attached hydrogens (primary N) is 1. The number of carboxylic acids is 2. The normalized spacial score (nSPS) is 21.7. The van der Waals surface area contributed by atoms with Crippen LogP contribution in [0.3, 0.4) is 0 Å². The first-order valence-corrected chi connectivity index (χ1v) is 23.4. The van der Waals surface area contributed by atoms with Crippen molar-refractivity contribution >= 4 is 35.4 Å². The molecule has 2 heterocycles. The fourth-order valence-corrected chi connectivity index (χ4v) is 8.96. The Morgan fingerprint density at radius 1 is 0.759 bits per heavy atom. The monoisotopic (exact) mass is 844 g/mol. The lowest BCUT2D eigenvalue weighted by molar-refractivity contribution is -0.254. The summed E-state index contributed by atoms with van der Waals surface area (Å²) >= 11 is 1.33. The molecule has 1 aliphatic heterocycles. The Hall–Kier alpha value is -2.34. The van der Waals surface area contributed by atoms with Crippen LogP contribution in [0.5, 0.6) is 0 Å². The highest BCUT2D eigenvalue weighted by atomic mass is 32.2. The molecule has 6 unspecified atom stereocenters. The van der Waals surface area contributed by atoms with Gasteiger partial charge in [-0.15, -0.1) is 5.10 Å². The van der Waals surface area contributed by atoms with Crippen LogP contribution >= 0.6 is 11.8 Å². The molecule has 58 heavy (non-hydrogen) atoms. The number of nitrogens with one attached hydrogen (secondary N) is 1.